The largest absolute Gasteiger partial charge is 0.497 e. The van der Waals surface area contributed by atoms with Crippen LogP contribution in [0, 0.1) is 0 Å². The highest BCUT2D eigenvalue weighted by molar-refractivity contribution is 6.01. The van der Waals surface area contributed by atoms with E-state index in [2.05, 4.69) is 10.6 Å². The third-order valence-electron chi connectivity index (χ3n) is 4.69. The number of methoxy groups -OCH3 is 1. The zero-order valence-electron chi connectivity index (χ0n) is 14.4. The summed E-state index contributed by atoms with van der Waals surface area (Å²) in [5.74, 6) is 0.719. The second kappa shape index (κ2) is 6.55. The van der Waals surface area contributed by atoms with Gasteiger partial charge in [0.25, 0.3) is 5.91 Å². The molecular formula is C20H19N3O3. The molecule has 0 fully saturated rings. The van der Waals surface area contributed by atoms with Crippen LogP contribution >= 0.6 is 0 Å². The van der Waals surface area contributed by atoms with E-state index in [0.717, 1.165) is 16.9 Å². The minimum Gasteiger partial charge on any atom is -0.497 e. The Labute approximate surface area is 151 Å². The van der Waals surface area contributed by atoms with Gasteiger partial charge in [-0.05, 0) is 23.3 Å². The van der Waals surface area contributed by atoms with Gasteiger partial charge >= 0.3 is 6.03 Å². The van der Waals surface area contributed by atoms with Gasteiger partial charge in [0.2, 0.25) is 0 Å². The van der Waals surface area contributed by atoms with E-state index in [1.54, 1.807) is 12.0 Å². The fraction of sp³-hybridized carbons (Fsp3) is 0.200. The third-order valence-corrected chi connectivity index (χ3v) is 4.69. The van der Waals surface area contributed by atoms with Gasteiger partial charge in [0.05, 0.1) is 31.0 Å². The molecule has 1 atom stereocenters. The van der Waals surface area contributed by atoms with Crippen molar-refractivity contribution >= 4 is 11.9 Å². The Hall–Kier alpha value is -3.28. The first-order chi connectivity index (χ1) is 12.7. The molecule has 2 N–H and O–H groups in total. The molecule has 2 aromatic rings. The molecule has 6 nitrogen and oxygen atoms in total. The molecule has 26 heavy (non-hydrogen) atoms. The third kappa shape index (κ3) is 2.90. The van der Waals surface area contributed by atoms with Crippen molar-refractivity contribution in [2.45, 2.75) is 12.6 Å². The average molecular weight is 349 g/mol. The Bertz CT molecular complexity index is 875. The molecule has 0 unspecified atom stereocenters. The zero-order valence-corrected chi connectivity index (χ0v) is 14.4. The van der Waals surface area contributed by atoms with Crippen molar-refractivity contribution in [2.75, 3.05) is 13.7 Å². The summed E-state index contributed by atoms with van der Waals surface area (Å²) in [7, 11) is 1.62. The van der Waals surface area contributed by atoms with Crippen LogP contribution < -0.4 is 15.4 Å². The topological polar surface area (TPSA) is 70.7 Å². The van der Waals surface area contributed by atoms with E-state index in [0.29, 0.717) is 24.4 Å². The highest BCUT2D eigenvalue weighted by atomic mass is 16.5. The lowest BCUT2D eigenvalue weighted by Crippen LogP contribution is -2.44. The molecule has 0 aromatic heterocycles. The smallest absolute Gasteiger partial charge is 0.319 e. The highest BCUT2D eigenvalue weighted by Gasteiger charge is 2.40. The first-order valence-electron chi connectivity index (χ1n) is 8.43. The Morgan fingerprint density at radius 2 is 1.81 bits per heavy atom. The predicted octanol–water partition coefficient (Wildman–Crippen LogP) is 2.35. The van der Waals surface area contributed by atoms with Gasteiger partial charge in [-0.15, -0.1) is 0 Å². The van der Waals surface area contributed by atoms with Crippen LogP contribution in [0.5, 0.6) is 5.75 Å². The number of benzene rings is 2. The maximum Gasteiger partial charge on any atom is 0.319 e. The lowest BCUT2D eigenvalue weighted by atomic mass is 9.96. The predicted molar refractivity (Wildman–Crippen MR) is 96.3 cm³/mol. The van der Waals surface area contributed by atoms with Gasteiger partial charge in [-0.3, -0.25) is 4.79 Å². The van der Waals surface area contributed by atoms with Crippen molar-refractivity contribution in [2.24, 2.45) is 0 Å². The Kier molecular flexibility index (Phi) is 4.08. The van der Waals surface area contributed by atoms with E-state index >= 15 is 0 Å². The average Bonchev–Trinajstić information content (AvgIpc) is 2.97. The van der Waals surface area contributed by atoms with Crippen molar-refractivity contribution in [1.82, 2.24) is 15.5 Å². The number of hydrogen-bond acceptors (Lipinski definition) is 3. The Morgan fingerprint density at radius 3 is 2.50 bits per heavy atom. The Morgan fingerprint density at radius 1 is 1.08 bits per heavy atom. The maximum absolute atomic E-state index is 13.0. The number of nitrogens with one attached hydrogen (secondary N) is 2. The normalized spacial score (nSPS) is 19.1. The molecule has 0 radical (unpaired) electrons. The second-order valence-corrected chi connectivity index (χ2v) is 6.34. The highest BCUT2D eigenvalue weighted by Crippen LogP contribution is 2.33. The van der Waals surface area contributed by atoms with Gasteiger partial charge in [-0.2, -0.15) is 0 Å². The van der Waals surface area contributed by atoms with Crippen molar-refractivity contribution in [3.8, 4) is 5.75 Å². The quantitative estimate of drug-likeness (QED) is 0.890. The van der Waals surface area contributed by atoms with E-state index < -0.39 is 6.04 Å². The van der Waals surface area contributed by atoms with E-state index in [4.69, 9.17) is 4.74 Å². The number of urea groups is 1. The molecule has 0 saturated heterocycles. The number of carbonyl (C=O) groups is 2. The standard InChI is InChI=1S/C20H19N3O3/c1-26-15-9-7-13(8-10-15)11-23-12-16-17(19(23)24)18(22-20(25)21-16)14-5-3-2-4-6-14/h2-10,18H,11-12H2,1H3,(H2,21,22,25)/t18-/m1/s1. The molecule has 2 aliphatic heterocycles. The van der Waals surface area contributed by atoms with Gasteiger partial charge in [0.15, 0.2) is 0 Å². The summed E-state index contributed by atoms with van der Waals surface area (Å²) in [5.41, 5.74) is 3.20. The zero-order chi connectivity index (χ0) is 18.1. The van der Waals surface area contributed by atoms with Gasteiger partial charge < -0.3 is 20.3 Å². The molecule has 0 spiro atoms. The first kappa shape index (κ1) is 16.2. The van der Waals surface area contributed by atoms with Gasteiger partial charge in [-0.1, -0.05) is 42.5 Å². The number of ether oxygens (including phenoxy) is 1. The van der Waals surface area contributed by atoms with Crippen LogP contribution in [0.15, 0.2) is 65.9 Å². The summed E-state index contributed by atoms with van der Waals surface area (Å²) >= 11 is 0. The monoisotopic (exact) mass is 349 g/mol. The summed E-state index contributed by atoms with van der Waals surface area (Å²) in [6.07, 6.45) is 0. The number of rotatable bonds is 4. The molecule has 2 aliphatic rings. The minimum atomic E-state index is -0.423. The first-order valence-corrected chi connectivity index (χ1v) is 8.43. The SMILES string of the molecule is COc1ccc(CN2CC3=C(C2=O)[C@@H](c2ccccc2)NC(=O)N3)cc1. The van der Waals surface area contributed by atoms with Gasteiger partial charge in [0.1, 0.15) is 5.75 Å². The van der Waals surface area contributed by atoms with Crippen LogP contribution in [0.3, 0.4) is 0 Å². The van der Waals surface area contributed by atoms with E-state index in [-0.39, 0.29) is 11.9 Å². The van der Waals surface area contributed by atoms with Crippen molar-refractivity contribution < 1.29 is 14.3 Å². The van der Waals surface area contributed by atoms with Crippen molar-refractivity contribution in [3.63, 3.8) is 0 Å². The van der Waals surface area contributed by atoms with Crippen LogP contribution in [0.1, 0.15) is 17.2 Å². The summed E-state index contributed by atoms with van der Waals surface area (Å²) in [6.45, 7) is 0.879. The molecule has 2 aromatic carbocycles. The number of carbonyl (C=O) groups excluding carboxylic acids is 2. The molecule has 0 bridgehead atoms. The molecule has 132 valence electrons. The van der Waals surface area contributed by atoms with Crippen LogP contribution in [-0.4, -0.2) is 30.5 Å². The molecular weight excluding hydrogens is 330 g/mol. The summed E-state index contributed by atoms with van der Waals surface area (Å²) in [6, 6.07) is 16.5. The molecule has 3 amide bonds. The van der Waals surface area contributed by atoms with Crippen molar-refractivity contribution in [3.05, 3.63) is 77.0 Å². The van der Waals surface area contributed by atoms with E-state index in [1.165, 1.54) is 0 Å². The van der Waals surface area contributed by atoms with Crippen molar-refractivity contribution in [1.29, 1.82) is 0 Å². The van der Waals surface area contributed by atoms with Crippen LogP contribution in [0.2, 0.25) is 0 Å². The molecule has 6 heteroatoms. The van der Waals surface area contributed by atoms with E-state index in [1.807, 2.05) is 54.6 Å². The molecule has 0 saturated carbocycles. The summed E-state index contributed by atoms with van der Waals surface area (Å²) in [4.78, 5) is 26.8. The lowest BCUT2D eigenvalue weighted by molar-refractivity contribution is -0.126. The van der Waals surface area contributed by atoms with Crippen LogP contribution in [-0.2, 0) is 11.3 Å². The summed E-state index contributed by atoms with van der Waals surface area (Å²) < 4.78 is 5.17. The number of amides is 3. The van der Waals surface area contributed by atoms with Crippen LogP contribution in [0.4, 0.5) is 4.79 Å². The maximum atomic E-state index is 13.0. The van der Waals surface area contributed by atoms with E-state index in [9.17, 15) is 9.59 Å². The van der Waals surface area contributed by atoms with Gasteiger partial charge in [0, 0.05) is 6.54 Å². The second-order valence-electron chi connectivity index (χ2n) is 6.34. The Balaban J connectivity index is 1.58. The molecule has 0 aliphatic carbocycles. The fourth-order valence-corrected chi connectivity index (χ4v) is 3.40. The minimum absolute atomic E-state index is 0.0582. The number of hydrogen-bond donors (Lipinski definition) is 2. The fourth-order valence-electron chi connectivity index (χ4n) is 3.40. The van der Waals surface area contributed by atoms with Crippen LogP contribution in [0.25, 0.3) is 0 Å². The molecule has 2 heterocycles. The summed E-state index contributed by atoms with van der Waals surface area (Å²) in [5, 5.41) is 5.65. The lowest BCUT2D eigenvalue weighted by Gasteiger charge is -2.25. The molecule has 4 rings (SSSR count). The number of nitrogens with zero attached hydrogens (tertiary/aromatic N) is 1. The van der Waals surface area contributed by atoms with Gasteiger partial charge in [-0.25, -0.2) is 4.79 Å².